The molecule has 1 N–H and O–H groups in total. The number of nitrogens with zero attached hydrogens (tertiary/aromatic N) is 3. The van der Waals surface area contributed by atoms with Gasteiger partial charge in [0.2, 0.25) is 5.91 Å². The lowest BCUT2D eigenvalue weighted by Crippen LogP contribution is -2.38. The van der Waals surface area contributed by atoms with Gasteiger partial charge in [-0.05, 0) is 56.5 Å². The number of hydrogen-bond donors (Lipinski definition) is 1. The van der Waals surface area contributed by atoms with Crippen LogP contribution in [0.5, 0.6) is 5.75 Å². The van der Waals surface area contributed by atoms with Crippen molar-refractivity contribution >= 4 is 28.2 Å². The Balaban J connectivity index is 1.52. The molecule has 2 aromatic carbocycles. The zero-order valence-corrected chi connectivity index (χ0v) is 18.1. The molecule has 1 fully saturated rings. The third kappa shape index (κ3) is 4.17. The maximum absolute atomic E-state index is 12.9. The number of aromatic nitrogens is 1. The van der Waals surface area contributed by atoms with Gasteiger partial charge in [0, 0.05) is 30.6 Å². The number of rotatable bonds is 4. The highest BCUT2D eigenvalue weighted by Crippen LogP contribution is 2.34. The Bertz CT molecular complexity index is 1170. The molecule has 1 aliphatic heterocycles. The highest BCUT2D eigenvalue weighted by Gasteiger charge is 2.28. The third-order valence-electron chi connectivity index (χ3n) is 5.91. The van der Waals surface area contributed by atoms with Crippen LogP contribution in [0.4, 0.5) is 11.4 Å². The summed E-state index contributed by atoms with van der Waals surface area (Å²) in [4.78, 5) is 19.6. The van der Waals surface area contributed by atoms with E-state index in [1.165, 1.54) is 0 Å². The maximum atomic E-state index is 12.9. The molecule has 0 unspecified atom stereocenters. The van der Waals surface area contributed by atoms with E-state index in [4.69, 9.17) is 4.74 Å². The molecule has 6 nitrogen and oxygen atoms in total. The van der Waals surface area contributed by atoms with E-state index < -0.39 is 0 Å². The van der Waals surface area contributed by atoms with Gasteiger partial charge in [0.05, 0.1) is 29.6 Å². The van der Waals surface area contributed by atoms with Gasteiger partial charge in [-0.3, -0.25) is 9.78 Å². The first-order valence-electron chi connectivity index (χ1n) is 10.5. The minimum Gasteiger partial charge on any atom is -0.495 e. The molecule has 1 aromatic heterocycles. The SMILES string of the molecule is COc1ccc(C)cc1NC(=O)C1CCN(c2c(C#N)cnc3ccc(C)cc23)CC1. The maximum Gasteiger partial charge on any atom is 0.227 e. The number of fused-ring (bicyclic) bond motifs is 1. The van der Waals surface area contributed by atoms with Crippen LogP contribution >= 0.6 is 0 Å². The van der Waals surface area contributed by atoms with Crippen molar-refractivity contribution in [1.82, 2.24) is 4.98 Å². The highest BCUT2D eigenvalue weighted by molar-refractivity contribution is 5.96. The number of nitrogens with one attached hydrogen (secondary N) is 1. The summed E-state index contributed by atoms with van der Waals surface area (Å²) in [5.41, 5.74) is 5.28. The predicted octanol–water partition coefficient (Wildman–Crippen LogP) is 4.59. The Labute approximate surface area is 182 Å². The lowest BCUT2D eigenvalue weighted by molar-refractivity contribution is -0.120. The number of benzene rings is 2. The molecule has 158 valence electrons. The van der Waals surface area contributed by atoms with Crippen LogP contribution in [-0.2, 0) is 4.79 Å². The first-order chi connectivity index (χ1) is 15.0. The Kier molecular flexibility index (Phi) is 5.77. The van der Waals surface area contributed by atoms with Gasteiger partial charge in [-0.15, -0.1) is 0 Å². The molecule has 0 aliphatic carbocycles. The number of amides is 1. The molecule has 1 amide bonds. The average molecular weight is 415 g/mol. The molecule has 3 aromatic rings. The fourth-order valence-corrected chi connectivity index (χ4v) is 4.23. The molecule has 1 saturated heterocycles. The topological polar surface area (TPSA) is 78.2 Å². The Morgan fingerprint density at radius 1 is 1.16 bits per heavy atom. The van der Waals surface area contributed by atoms with Crippen molar-refractivity contribution in [2.45, 2.75) is 26.7 Å². The molecule has 2 heterocycles. The number of methoxy groups -OCH3 is 1. The molecule has 6 heteroatoms. The summed E-state index contributed by atoms with van der Waals surface area (Å²) in [6, 6.07) is 14.2. The second kappa shape index (κ2) is 8.65. The highest BCUT2D eigenvalue weighted by atomic mass is 16.5. The zero-order chi connectivity index (χ0) is 22.0. The summed E-state index contributed by atoms with van der Waals surface area (Å²) in [5.74, 6) is 0.593. The Hall–Kier alpha value is -3.59. The van der Waals surface area contributed by atoms with Gasteiger partial charge in [-0.1, -0.05) is 17.7 Å². The van der Waals surface area contributed by atoms with Gasteiger partial charge in [0.15, 0.2) is 0 Å². The van der Waals surface area contributed by atoms with Crippen LogP contribution < -0.4 is 15.0 Å². The van der Waals surface area contributed by atoms with E-state index in [1.54, 1.807) is 13.3 Å². The molecular weight excluding hydrogens is 388 g/mol. The number of aryl methyl sites for hydroxylation is 2. The van der Waals surface area contributed by atoms with Crippen molar-refractivity contribution in [2.75, 3.05) is 30.4 Å². The lowest BCUT2D eigenvalue weighted by Gasteiger charge is -2.34. The zero-order valence-electron chi connectivity index (χ0n) is 18.1. The van der Waals surface area contributed by atoms with Crippen molar-refractivity contribution in [3.63, 3.8) is 0 Å². The van der Waals surface area contributed by atoms with Gasteiger partial charge in [-0.25, -0.2) is 0 Å². The van der Waals surface area contributed by atoms with Gasteiger partial charge >= 0.3 is 0 Å². The van der Waals surface area contributed by atoms with Crippen LogP contribution in [0.15, 0.2) is 42.6 Å². The smallest absolute Gasteiger partial charge is 0.227 e. The average Bonchev–Trinajstić information content (AvgIpc) is 2.78. The summed E-state index contributed by atoms with van der Waals surface area (Å²) in [6.07, 6.45) is 3.09. The van der Waals surface area contributed by atoms with Crippen molar-refractivity contribution in [1.29, 1.82) is 5.26 Å². The normalized spacial score (nSPS) is 14.3. The number of pyridine rings is 1. The quantitative estimate of drug-likeness (QED) is 0.676. The largest absolute Gasteiger partial charge is 0.495 e. The summed E-state index contributed by atoms with van der Waals surface area (Å²) < 4.78 is 5.38. The number of nitriles is 1. The van der Waals surface area contributed by atoms with Gasteiger partial charge < -0.3 is 15.0 Å². The minimum atomic E-state index is -0.0816. The minimum absolute atomic E-state index is 0.0134. The monoisotopic (exact) mass is 414 g/mol. The van der Waals surface area contributed by atoms with E-state index in [1.807, 2.05) is 44.2 Å². The molecule has 31 heavy (non-hydrogen) atoms. The number of ether oxygens (including phenoxy) is 1. The Morgan fingerprint density at radius 3 is 2.58 bits per heavy atom. The van der Waals surface area contributed by atoms with Crippen molar-refractivity contribution in [2.24, 2.45) is 5.92 Å². The van der Waals surface area contributed by atoms with E-state index >= 15 is 0 Å². The van der Waals surface area contributed by atoms with Crippen LogP contribution in [0.1, 0.15) is 29.5 Å². The molecule has 0 saturated carbocycles. The second-order valence-corrected chi connectivity index (χ2v) is 8.11. The lowest BCUT2D eigenvalue weighted by atomic mass is 9.94. The van der Waals surface area contributed by atoms with E-state index in [-0.39, 0.29) is 11.8 Å². The third-order valence-corrected chi connectivity index (χ3v) is 5.91. The van der Waals surface area contributed by atoms with Gasteiger partial charge in [0.1, 0.15) is 11.8 Å². The first-order valence-corrected chi connectivity index (χ1v) is 10.5. The number of carbonyl (C=O) groups excluding carboxylic acids is 1. The van der Waals surface area contributed by atoms with Crippen LogP contribution in [0.3, 0.4) is 0 Å². The second-order valence-electron chi connectivity index (χ2n) is 8.11. The summed E-state index contributed by atoms with van der Waals surface area (Å²) in [7, 11) is 1.60. The molecule has 0 spiro atoms. The van der Waals surface area contributed by atoms with E-state index in [2.05, 4.69) is 27.3 Å². The van der Waals surface area contributed by atoms with E-state index in [9.17, 15) is 10.1 Å². The Morgan fingerprint density at radius 2 is 1.87 bits per heavy atom. The van der Waals surface area contributed by atoms with Gasteiger partial charge in [0.25, 0.3) is 0 Å². The number of hydrogen-bond acceptors (Lipinski definition) is 5. The molecule has 0 radical (unpaired) electrons. The summed E-state index contributed by atoms with van der Waals surface area (Å²) >= 11 is 0. The first kappa shape index (κ1) is 20.7. The summed E-state index contributed by atoms with van der Waals surface area (Å²) in [5, 5.41) is 13.7. The number of anilines is 2. The van der Waals surface area contributed by atoms with E-state index in [0.717, 1.165) is 40.6 Å². The van der Waals surface area contributed by atoms with Crippen molar-refractivity contribution < 1.29 is 9.53 Å². The fourth-order valence-electron chi connectivity index (χ4n) is 4.23. The van der Waals surface area contributed by atoms with Gasteiger partial charge in [-0.2, -0.15) is 5.26 Å². The van der Waals surface area contributed by atoms with Crippen LogP contribution in [0.2, 0.25) is 0 Å². The van der Waals surface area contributed by atoms with Crippen LogP contribution in [0.25, 0.3) is 10.9 Å². The van der Waals surface area contributed by atoms with Crippen LogP contribution in [0, 0.1) is 31.1 Å². The standard InChI is InChI=1S/C25H26N4O2/c1-16-4-6-21-20(12-16)24(19(14-26)15-27-21)29-10-8-18(9-11-29)25(30)28-22-13-17(2)5-7-23(22)31-3/h4-7,12-13,15,18H,8-11H2,1-3H3,(H,28,30). The van der Waals surface area contributed by atoms with Crippen LogP contribution in [-0.4, -0.2) is 31.1 Å². The molecule has 4 rings (SSSR count). The fraction of sp³-hybridized carbons (Fsp3) is 0.320. The molecule has 0 atom stereocenters. The van der Waals surface area contributed by atoms with Crippen molar-refractivity contribution in [3.05, 3.63) is 59.3 Å². The molecule has 0 bridgehead atoms. The predicted molar refractivity (Wildman–Crippen MR) is 122 cm³/mol. The van der Waals surface area contributed by atoms with Crippen molar-refractivity contribution in [3.8, 4) is 11.8 Å². The number of piperidine rings is 1. The van der Waals surface area contributed by atoms with E-state index in [0.29, 0.717) is 30.1 Å². The molecular formula is C25H26N4O2. The summed E-state index contributed by atoms with van der Waals surface area (Å²) in [6.45, 7) is 5.45. The molecule has 1 aliphatic rings. The number of carbonyl (C=O) groups is 1.